The van der Waals surface area contributed by atoms with Crippen LogP contribution in [0, 0.1) is 5.92 Å². The van der Waals surface area contributed by atoms with E-state index in [-0.39, 0.29) is 17.1 Å². The number of benzene rings is 1. The van der Waals surface area contributed by atoms with Gasteiger partial charge in [-0.25, -0.2) is 10.4 Å². The quantitative estimate of drug-likeness (QED) is 0.395. The molecule has 4 rings (SSSR count). The van der Waals surface area contributed by atoms with Gasteiger partial charge >= 0.3 is 0 Å². The molecule has 1 aliphatic rings. The summed E-state index contributed by atoms with van der Waals surface area (Å²) in [6, 6.07) is 2.44. The molecule has 0 unspecified atom stereocenters. The van der Waals surface area contributed by atoms with Crippen molar-refractivity contribution < 1.29 is 14.6 Å². The third-order valence-electron chi connectivity index (χ3n) is 5.70. The molecule has 168 valence electrons. The molecular formula is C22H23BrN4O4S. The van der Waals surface area contributed by atoms with Crippen molar-refractivity contribution in [3.63, 3.8) is 0 Å². The molecule has 1 aliphatic carbocycles. The van der Waals surface area contributed by atoms with Gasteiger partial charge in [-0.3, -0.25) is 14.2 Å². The molecule has 2 atom stereocenters. The smallest absolute Gasteiger partial charge is 0.263 e. The van der Waals surface area contributed by atoms with E-state index in [1.165, 1.54) is 29.1 Å². The summed E-state index contributed by atoms with van der Waals surface area (Å²) in [6.45, 7) is 3.86. The Labute approximate surface area is 197 Å². The highest BCUT2D eigenvalue weighted by atomic mass is 79.9. The second-order valence-corrected chi connectivity index (χ2v) is 9.89. The summed E-state index contributed by atoms with van der Waals surface area (Å²) in [5.41, 5.74) is 3.97. The Kier molecular flexibility index (Phi) is 6.34. The van der Waals surface area contributed by atoms with Crippen molar-refractivity contribution in [1.82, 2.24) is 15.0 Å². The van der Waals surface area contributed by atoms with Gasteiger partial charge in [0.25, 0.3) is 11.5 Å². The Morgan fingerprint density at radius 3 is 3.03 bits per heavy atom. The van der Waals surface area contributed by atoms with Crippen LogP contribution in [0.2, 0.25) is 0 Å². The fourth-order valence-electron chi connectivity index (χ4n) is 3.83. The highest BCUT2D eigenvalue weighted by Gasteiger charge is 2.25. The van der Waals surface area contributed by atoms with Crippen molar-refractivity contribution in [1.29, 1.82) is 0 Å². The van der Waals surface area contributed by atoms with E-state index in [9.17, 15) is 14.7 Å². The first-order valence-electron chi connectivity index (χ1n) is 10.2. The number of phenolic OH excluding ortho intramolecular Hbond substituents is 1. The van der Waals surface area contributed by atoms with Crippen molar-refractivity contribution in [2.45, 2.75) is 39.2 Å². The average Bonchev–Trinajstić information content (AvgIpc) is 3.14. The summed E-state index contributed by atoms with van der Waals surface area (Å²) in [6.07, 6.45) is 5.76. The fourth-order valence-corrected chi connectivity index (χ4v) is 5.63. The highest BCUT2D eigenvalue weighted by molar-refractivity contribution is 9.10. The minimum atomic E-state index is -0.782. The first-order chi connectivity index (χ1) is 15.3. The van der Waals surface area contributed by atoms with Gasteiger partial charge in [-0.05, 0) is 71.3 Å². The fraction of sp³-hybridized carbons (Fsp3) is 0.364. The van der Waals surface area contributed by atoms with E-state index < -0.39 is 11.9 Å². The molecule has 0 saturated carbocycles. The molecule has 2 N–H and O–H groups in total. The number of rotatable bonds is 5. The number of amides is 1. The van der Waals surface area contributed by atoms with Gasteiger partial charge in [0.2, 0.25) is 0 Å². The first kappa shape index (κ1) is 22.5. The maximum atomic E-state index is 13.2. The Bertz CT molecular complexity index is 1280. The maximum absolute atomic E-state index is 13.2. The van der Waals surface area contributed by atoms with E-state index in [2.05, 4.69) is 38.4 Å². The van der Waals surface area contributed by atoms with Crippen LogP contribution in [0.4, 0.5) is 0 Å². The van der Waals surface area contributed by atoms with Gasteiger partial charge in [-0.1, -0.05) is 6.92 Å². The minimum Gasteiger partial charge on any atom is -0.503 e. The van der Waals surface area contributed by atoms with Crippen LogP contribution in [0.25, 0.3) is 10.2 Å². The second-order valence-electron chi connectivity index (χ2n) is 7.95. The van der Waals surface area contributed by atoms with E-state index in [0.717, 1.165) is 29.7 Å². The van der Waals surface area contributed by atoms with Crippen molar-refractivity contribution >= 4 is 49.6 Å². The number of carbonyl (C=O) groups excluding carboxylic acids is 1. The minimum absolute atomic E-state index is 0.0188. The zero-order valence-electron chi connectivity index (χ0n) is 17.9. The maximum Gasteiger partial charge on any atom is 0.263 e. The number of aromatic nitrogens is 2. The summed E-state index contributed by atoms with van der Waals surface area (Å²) in [7, 11) is 1.44. The number of thiophene rings is 1. The number of phenols is 1. The number of ether oxygens (including phenoxy) is 1. The third kappa shape index (κ3) is 4.16. The highest BCUT2D eigenvalue weighted by Crippen LogP contribution is 2.36. The Morgan fingerprint density at radius 1 is 1.50 bits per heavy atom. The van der Waals surface area contributed by atoms with Crippen LogP contribution in [0.15, 0.2) is 32.8 Å². The third-order valence-corrected chi connectivity index (χ3v) is 7.46. The van der Waals surface area contributed by atoms with Crippen LogP contribution in [0.1, 0.15) is 42.3 Å². The molecule has 10 heteroatoms. The van der Waals surface area contributed by atoms with Gasteiger partial charge in [0, 0.05) is 4.88 Å². The van der Waals surface area contributed by atoms with Crippen LogP contribution in [0.3, 0.4) is 0 Å². The molecule has 0 spiro atoms. The van der Waals surface area contributed by atoms with E-state index in [0.29, 0.717) is 21.3 Å². The van der Waals surface area contributed by atoms with E-state index in [1.54, 1.807) is 30.4 Å². The van der Waals surface area contributed by atoms with Crippen molar-refractivity contribution in [2.24, 2.45) is 11.0 Å². The first-order valence-corrected chi connectivity index (χ1v) is 11.8. The summed E-state index contributed by atoms with van der Waals surface area (Å²) < 4.78 is 6.91. The Balaban J connectivity index is 1.54. The van der Waals surface area contributed by atoms with Gasteiger partial charge in [-0.15, -0.1) is 11.3 Å². The SMILES string of the molecule is COc1cc(/C=N/NC(=O)[C@@H](C)n2cnc3sc4c(c3c2=O)CC[C@H](C)C4)cc(Br)c1O. The predicted octanol–water partition coefficient (Wildman–Crippen LogP) is 3.77. The van der Waals surface area contributed by atoms with Gasteiger partial charge < -0.3 is 9.84 Å². The number of halogens is 1. The molecule has 8 nitrogen and oxygen atoms in total. The summed E-state index contributed by atoms with van der Waals surface area (Å²) in [4.78, 5) is 32.3. The lowest BCUT2D eigenvalue weighted by atomic mass is 9.89. The molecule has 0 fully saturated rings. The lowest BCUT2D eigenvalue weighted by Gasteiger charge is -2.18. The molecular weight excluding hydrogens is 496 g/mol. The Hall–Kier alpha value is -2.72. The molecule has 2 aromatic heterocycles. The lowest BCUT2D eigenvalue weighted by molar-refractivity contribution is -0.123. The van der Waals surface area contributed by atoms with Crippen LogP contribution < -0.4 is 15.7 Å². The topological polar surface area (TPSA) is 106 Å². The van der Waals surface area contributed by atoms with Crippen molar-refractivity contribution in [3.05, 3.63) is 49.3 Å². The largest absolute Gasteiger partial charge is 0.503 e. The molecule has 1 amide bonds. The molecule has 0 radical (unpaired) electrons. The van der Waals surface area contributed by atoms with Crippen LogP contribution >= 0.6 is 27.3 Å². The van der Waals surface area contributed by atoms with Crippen LogP contribution in [-0.2, 0) is 17.6 Å². The monoisotopic (exact) mass is 518 g/mol. The molecule has 3 aromatic rings. The van der Waals surface area contributed by atoms with Gasteiger partial charge in [-0.2, -0.15) is 5.10 Å². The van der Waals surface area contributed by atoms with Crippen LogP contribution in [0.5, 0.6) is 11.5 Å². The second kappa shape index (κ2) is 9.03. The number of methoxy groups -OCH3 is 1. The molecule has 1 aromatic carbocycles. The standard InChI is InChI=1S/C22H23BrN4O4S/c1-11-4-5-14-17(6-11)32-21-18(14)22(30)27(10-24-21)12(2)20(29)26-25-9-13-7-15(23)19(28)16(8-13)31-3/h7-12,28H,4-6H2,1-3H3,(H,26,29)/b25-9+/t11-,12+/m0/s1. The number of aromatic hydroxyl groups is 1. The van der Waals surface area contributed by atoms with E-state index in [4.69, 9.17) is 4.74 Å². The molecule has 0 bridgehead atoms. The van der Waals surface area contributed by atoms with Crippen molar-refractivity contribution in [2.75, 3.05) is 7.11 Å². The summed E-state index contributed by atoms with van der Waals surface area (Å²) in [5, 5.41) is 14.5. The number of carbonyl (C=O) groups is 1. The van der Waals surface area contributed by atoms with E-state index >= 15 is 0 Å². The number of hydrogen-bond donors (Lipinski definition) is 2. The van der Waals surface area contributed by atoms with Gasteiger partial charge in [0.1, 0.15) is 10.9 Å². The zero-order valence-corrected chi connectivity index (χ0v) is 20.3. The molecule has 0 aliphatic heterocycles. The number of fused-ring (bicyclic) bond motifs is 3. The number of aryl methyl sites for hydroxylation is 1. The molecule has 32 heavy (non-hydrogen) atoms. The zero-order chi connectivity index (χ0) is 23.0. The number of nitrogens with one attached hydrogen (secondary N) is 1. The predicted molar refractivity (Wildman–Crippen MR) is 128 cm³/mol. The average molecular weight is 519 g/mol. The van der Waals surface area contributed by atoms with Gasteiger partial charge in [0.05, 0.1) is 29.5 Å². The number of hydrazone groups is 1. The van der Waals surface area contributed by atoms with Crippen molar-refractivity contribution in [3.8, 4) is 11.5 Å². The normalized spacial score (nSPS) is 16.8. The summed E-state index contributed by atoms with van der Waals surface area (Å²) in [5.74, 6) is 0.427. The molecule has 2 heterocycles. The lowest BCUT2D eigenvalue weighted by Crippen LogP contribution is -2.34. The van der Waals surface area contributed by atoms with E-state index in [1.807, 2.05) is 0 Å². The van der Waals surface area contributed by atoms with Crippen LogP contribution in [-0.4, -0.2) is 33.9 Å². The number of nitrogens with zero attached hydrogens (tertiary/aromatic N) is 3. The Morgan fingerprint density at radius 2 is 2.28 bits per heavy atom. The number of hydrogen-bond acceptors (Lipinski definition) is 7. The summed E-state index contributed by atoms with van der Waals surface area (Å²) >= 11 is 4.83. The van der Waals surface area contributed by atoms with Gasteiger partial charge in [0.15, 0.2) is 11.5 Å². The molecule has 0 saturated heterocycles.